The Labute approximate surface area is 173 Å². The minimum absolute atomic E-state index is 0.0373. The van der Waals surface area contributed by atoms with Crippen LogP contribution in [0.2, 0.25) is 0 Å². The van der Waals surface area contributed by atoms with Crippen LogP contribution < -0.4 is 5.32 Å². The number of thiazole rings is 1. The molecule has 0 aromatic carbocycles. The van der Waals surface area contributed by atoms with Crippen LogP contribution in [0.3, 0.4) is 0 Å². The highest BCUT2D eigenvalue weighted by Crippen LogP contribution is 2.25. The molecule has 1 fully saturated rings. The van der Waals surface area contributed by atoms with Crippen molar-refractivity contribution in [1.29, 1.82) is 0 Å². The molecule has 0 unspecified atom stereocenters. The normalized spacial score (nSPS) is 18.1. The van der Waals surface area contributed by atoms with E-state index >= 15 is 0 Å². The lowest BCUT2D eigenvalue weighted by atomic mass is 9.96. The van der Waals surface area contributed by atoms with Crippen molar-refractivity contribution in [2.75, 3.05) is 31.5 Å². The van der Waals surface area contributed by atoms with Crippen molar-refractivity contribution in [1.82, 2.24) is 14.8 Å². The van der Waals surface area contributed by atoms with Gasteiger partial charge in [0.2, 0.25) is 11.8 Å². The fraction of sp³-hybridized carbons (Fsp3) is 0.550. The average Bonchev–Trinajstić information content (AvgIpc) is 3.34. The molecule has 2 aliphatic heterocycles. The van der Waals surface area contributed by atoms with Crippen LogP contribution in [0, 0.1) is 12.8 Å². The lowest BCUT2D eigenvalue weighted by Crippen LogP contribution is -2.41. The Morgan fingerprint density at radius 1 is 1.25 bits per heavy atom. The number of aryl methyl sites for hydroxylation is 1. The fourth-order valence-corrected chi connectivity index (χ4v) is 5.49. The summed E-state index contributed by atoms with van der Waals surface area (Å²) in [6.07, 6.45) is 3.23. The highest BCUT2D eigenvalue weighted by atomic mass is 32.1. The number of hydrogen-bond acceptors (Lipinski definition) is 6. The first-order chi connectivity index (χ1) is 13.6. The molecule has 0 bridgehead atoms. The molecule has 2 aliphatic rings. The second kappa shape index (κ2) is 8.71. The highest BCUT2D eigenvalue weighted by molar-refractivity contribution is 7.13. The Morgan fingerprint density at radius 3 is 2.82 bits per heavy atom. The second-order valence-electron chi connectivity index (χ2n) is 7.58. The number of nitrogens with zero attached hydrogens (tertiary/aromatic N) is 3. The molecule has 1 saturated heterocycles. The first-order valence-corrected chi connectivity index (χ1v) is 11.6. The SMILES string of the molecule is Cc1csc(NC(=O)C2CCN(CCC(=O)N3CCc4sccc4C3)CC2)n1. The van der Waals surface area contributed by atoms with Gasteiger partial charge in [-0.1, -0.05) is 0 Å². The first kappa shape index (κ1) is 19.5. The van der Waals surface area contributed by atoms with Gasteiger partial charge in [0.1, 0.15) is 0 Å². The van der Waals surface area contributed by atoms with E-state index in [0.717, 1.165) is 57.7 Å². The number of carbonyl (C=O) groups is 2. The monoisotopic (exact) mass is 418 g/mol. The zero-order valence-corrected chi connectivity index (χ0v) is 17.8. The van der Waals surface area contributed by atoms with Crippen molar-refractivity contribution in [2.24, 2.45) is 5.92 Å². The zero-order valence-electron chi connectivity index (χ0n) is 16.1. The standard InChI is InChI=1S/C20H26N4O2S2/c1-14-13-28-20(21-14)22-19(26)15-2-7-23(8-3-15)9-5-18(25)24-10-4-17-16(12-24)6-11-27-17/h6,11,13,15H,2-5,7-10,12H2,1H3,(H,21,22,26). The largest absolute Gasteiger partial charge is 0.338 e. The van der Waals surface area contributed by atoms with Gasteiger partial charge < -0.3 is 15.1 Å². The third-order valence-corrected chi connectivity index (χ3v) is 7.51. The number of rotatable bonds is 5. The predicted molar refractivity (Wildman–Crippen MR) is 113 cm³/mol. The van der Waals surface area contributed by atoms with Crippen LogP contribution in [0.1, 0.15) is 35.4 Å². The Bertz CT molecular complexity index is 839. The van der Waals surface area contributed by atoms with Crippen molar-refractivity contribution in [3.05, 3.63) is 33.0 Å². The first-order valence-electron chi connectivity index (χ1n) is 9.87. The summed E-state index contributed by atoms with van der Waals surface area (Å²) in [5.74, 6) is 0.357. The zero-order chi connectivity index (χ0) is 19.5. The summed E-state index contributed by atoms with van der Waals surface area (Å²) in [6, 6.07) is 2.14. The Balaban J connectivity index is 1.18. The number of anilines is 1. The fourth-order valence-electron chi connectivity index (χ4n) is 3.91. The van der Waals surface area contributed by atoms with Gasteiger partial charge in [-0.15, -0.1) is 22.7 Å². The molecule has 2 aromatic heterocycles. The number of amides is 2. The molecule has 0 saturated carbocycles. The number of carbonyl (C=O) groups excluding carboxylic acids is 2. The number of fused-ring (bicyclic) bond motifs is 1. The van der Waals surface area contributed by atoms with Crippen LogP contribution >= 0.6 is 22.7 Å². The van der Waals surface area contributed by atoms with Crippen LogP contribution in [0.15, 0.2) is 16.8 Å². The topological polar surface area (TPSA) is 65.5 Å². The number of piperidine rings is 1. The smallest absolute Gasteiger partial charge is 0.229 e. The summed E-state index contributed by atoms with van der Waals surface area (Å²) >= 11 is 3.27. The van der Waals surface area contributed by atoms with E-state index in [1.165, 1.54) is 21.8 Å². The van der Waals surface area contributed by atoms with Crippen molar-refractivity contribution < 1.29 is 9.59 Å². The predicted octanol–water partition coefficient (Wildman–Crippen LogP) is 3.14. The van der Waals surface area contributed by atoms with E-state index in [1.807, 2.05) is 17.2 Å². The molecule has 6 nitrogen and oxygen atoms in total. The second-order valence-corrected chi connectivity index (χ2v) is 9.44. The maximum atomic E-state index is 12.6. The molecule has 4 rings (SSSR count). The van der Waals surface area contributed by atoms with Crippen molar-refractivity contribution in [3.8, 4) is 0 Å². The highest BCUT2D eigenvalue weighted by Gasteiger charge is 2.27. The van der Waals surface area contributed by atoms with Gasteiger partial charge >= 0.3 is 0 Å². The van der Waals surface area contributed by atoms with Crippen LogP contribution in [-0.2, 0) is 22.6 Å². The Morgan fingerprint density at radius 2 is 2.07 bits per heavy atom. The van der Waals surface area contributed by atoms with E-state index in [-0.39, 0.29) is 17.7 Å². The summed E-state index contributed by atoms with van der Waals surface area (Å²) in [4.78, 5) is 35.0. The third-order valence-electron chi connectivity index (χ3n) is 5.61. The average molecular weight is 419 g/mol. The number of thiophene rings is 1. The molecule has 0 aliphatic carbocycles. The Hall–Kier alpha value is -1.77. The quantitative estimate of drug-likeness (QED) is 0.810. The van der Waals surface area contributed by atoms with Crippen LogP contribution in [0.5, 0.6) is 0 Å². The number of aromatic nitrogens is 1. The molecular formula is C20H26N4O2S2. The van der Waals surface area contributed by atoms with Crippen molar-refractivity contribution >= 4 is 39.6 Å². The van der Waals surface area contributed by atoms with Gasteiger partial charge in [-0.25, -0.2) is 4.98 Å². The summed E-state index contributed by atoms with van der Waals surface area (Å²) < 4.78 is 0. The summed E-state index contributed by atoms with van der Waals surface area (Å²) in [6.45, 7) is 6.05. The minimum Gasteiger partial charge on any atom is -0.338 e. The van der Waals surface area contributed by atoms with Gasteiger partial charge in [0.15, 0.2) is 5.13 Å². The van der Waals surface area contributed by atoms with Gasteiger partial charge in [0.25, 0.3) is 0 Å². The van der Waals surface area contributed by atoms with Gasteiger partial charge in [-0.2, -0.15) is 0 Å². The molecule has 4 heterocycles. The van der Waals surface area contributed by atoms with Crippen LogP contribution in [0.25, 0.3) is 0 Å². The number of nitrogens with one attached hydrogen (secondary N) is 1. The van der Waals surface area contributed by atoms with Crippen LogP contribution in [-0.4, -0.2) is 52.8 Å². The molecule has 150 valence electrons. The molecule has 2 aromatic rings. The molecule has 28 heavy (non-hydrogen) atoms. The van der Waals surface area contributed by atoms with E-state index in [1.54, 1.807) is 11.3 Å². The minimum atomic E-state index is 0.0373. The van der Waals surface area contributed by atoms with E-state index in [4.69, 9.17) is 0 Å². The third kappa shape index (κ3) is 4.61. The van der Waals surface area contributed by atoms with Crippen LogP contribution in [0.4, 0.5) is 5.13 Å². The maximum absolute atomic E-state index is 12.6. The maximum Gasteiger partial charge on any atom is 0.229 e. The lowest BCUT2D eigenvalue weighted by molar-refractivity contribution is -0.132. The molecule has 2 amide bonds. The molecule has 0 atom stereocenters. The molecule has 0 radical (unpaired) electrons. The van der Waals surface area contributed by atoms with E-state index < -0.39 is 0 Å². The molecule has 8 heteroatoms. The van der Waals surface area contributed by atoms with Crippen molar-refractivity contribution in [2.45, 2.75) is 39.2 Å². The number of likely N-dealkylation sites (tertiary alicyclic amines) is 1. The number of hydrogen-bond donors (Lipinski definition) is 1. The van der Waals surface area contributed by atoms with Crippen molar-refractivity contribution in [3.63, 3.8) is 0 Å². The van der Waals surface area contributed by atoms with Gasteiger partial charge in [0, 0.05) is 42.2 Å². The van der Waals surface area contributed by atoms with E-state index in [9.17, 15) is 9.59 Å². The van der Waals surface area contributed by atoms with E-state index in [2.05, 4.69) is 26.6 Å². The summed E-state index contributed by atoms with van der Waals surface area (Å²) in [5, 5.41) is 7.68. The summed E-state index contributed by atoms with van der Waals surface area (Å²) in [5.41, 5.74) is 2.25. The van der Waals surface area contributed by atoms with Gasteiger partial charge in [-0.05, 0) is 56.3 Å². The molecule has 0 spiro atoms. The van der Waals surface area contributed by atoms with Gasteiger partial charge in [0.05, 0.1) is 5.69 Å². The lowest BCUT2D eigenvalue weighted by Gasteiger charge is -2.32. The molecular weight excluding hydrogens is 392 g/mol. The Kier molecular flexibility index (Phi) is 6.08. The summed E-state index contributed by atoms with van der Waals surface area (Å²) in [7, 11) is 0. The van der Waals surface area contributed by atoms with Gasteiger partial charge in [-0.3, -0.25) is 9.59 Å². The van der Waals surface area contributed by atoms with E-state index in [0.29, 0.717) is 11.6 Å². The molecule has 1 N–H and O–H groups in total.